The highest BCUT2D eigenvalue weighted by Crippen LogP contribution is 2.30. The van der Waals surface area contributed by atoms with E-state index in [0.717, 1.165) is 16.8 Å². The second-order valence-electron chi connectivity index (χ2n) is 5.31. The summed E-state index contributed by atoms with van der Waals surface area (Å²) in [7, 11) is -9.50. The molecule has 1 heterocycles. The molecular formula is C16H10N2O6S3. The van der Waals surface area contributed by atoms with Crippen LogP contribution in [0, 0.1) is 11.3 Å². The van der Waals surface area contributed by atoms with Crippen molar-refractivity contribution in [3.63, 3.8) is 0 Å². The molecule has 8 nitrogen and oxygen atoms in total. The SMILES string of the molecule is N#C/C(=C/c1ccc(S(=O)(=O)O)cc1S(=O)(=O)O)c1nc2ccccc2s1. The number of thiazole rings is 1. The summed E-state index contributed by atoms with van der Waals surface area (Å²) in [6.07, 6.45) is 1.18. The summed E-state index contributed by atoms with van der Waals surface area (Å²) in [5, 5.41) is 9.78. The van der Waals surface area contributed by atoms with Gasteiger partial charge in [-0.2, -0.15) is 22.1 Å². The van der Waals surface area contributed by atoms with Gasteiger partial charge in [-0.15, -0.1) is 11.3 Å². The molecule has 0 unspecified atom stereocenters. The second-order valence-corrected chi connectivity index (χ2v) is 9.15. The lowest BCUT2D eigenvalue weighted by molar-refractivity contribution is 0.481. The monoisotopic (exact) mass is 422 g/mol. The molecule has 0 fully saturated rings. The number of aromatic nitrogens is 1. The molecule has 0 aliphatic carbocycles. The fourth-order valence-corrected chi connectivity index (χ4v) is 4.52. The Balaban J connectivity index is 2.21. The predicted molar refractivity (Wildman–Crippen MR) is 99.2 cm³/mol. The topological polar surface area (TPSA) is 145 Å². The fourth-order valence-electron chi connectivity index (χ4n) is 2.30. The Bertz CT molecular complexity index is 1300. The van der Waals surface area contributed by atoms with Crippen LogP contribution in [0.1, 0.15) is 10.6 Å². The van der Waals surface area contributed by atoms with E-state index in [1.165, 1.54) is 17.4 Å². The lowest BCUT2D eigenvalue weighted by atomic mass is 10.1. The zero-order chi connectivity index (χ0) is 19.8. The van der Waals surface area contributed by atoms with Gasteiger partial charge in [0.2, 0.25) is 0 Å². The van der Waals surface area contributed by atoms with Gasteiger partial charge >= 0.3 is 0 Å². The van der Waals surface area contributed by atoms with Gasteiger partial charge in [-0.3, -0.25) is 9.11 Å². The Morgan fingerprint density at radius 3 is 2.37 bits per heavy atom. The zero-order valence-corrected chi connectivity index (χ0v) is 15.7. The van der Waals surface area contributed by atoms with Crippen LogP contribution in [0.5, 0.6) is 0 Å². The van der Waals surface area contributed by atoms with Gasteiger partial charge in [0.15, 0.2) is 0 Å². The Hall–Kier alpha value is -2.62. The van der Waals surface area contributed by atoms with Crippen molar-refractivity contribution in [3.8, 4) is 6.07 Å². The number of para-hydroxylation sites is 1. The van der Waals surface area contributed by atoms with Gasteiger partial charge in [-0.05, 0) is 35.9 Å². The van der Waals surface area contributed by atoms with Crippen molar-refractivity contribution in [2.24, 2.45) is 0 Å². The highest BCUT2D eigenvalue weighted by molar-refractivity contribution is 7.86. The van der Waals surface area contributed by atoms with Crippen molar-refractivity contribution in [1.82, 2.24) is 4.98 Å². The number of nitriles is 1. The molecule has 2 aromatic carbocycles. The minimum atomic E-state index is -4.82. The minimum Gasteiger partial charge on any atom is -0.282 e. The smallest absolute Gasteiger partial charge is 0.282 e. The van der Waals surface area contributed by atoms with Crippen LogP contribution in [-0.2, 0) is 20.2 Å². The van der Waals surface area contributed by atoms with Gasteiger partial charge in [-0.25, -0.2) is 4.98 Å². The standard InChI is InChI=1S/C16H10N2O6S3/c17-9-11(16-18-13-3-1-2-4-14(13)25-16)7-10-5-6-12(26(19,20)21)8-15(10)27(22,23)24/h1-8H,(H,19,20,21)(H,22,23,24)/b11-7-. The summed E-state index contributed by atoms with van der Waals surface area (Å²) < 4.78 is 65.0. The van der Waals surface area contributed by atoms with Crippen LogP contribution in [0.15, 0.2) is 52.3 Å². The number of rotatable bonds is 4. The predicted octanol–water partition coefficient (Wildman–Crippen LogP) is 2.85. The molecule has 0 aliphatic heterocycles. The average molecular weight is 422 g/mol. The quantitative estimate of drug-likeness (QED) is 0.482. The van der Waals surface area contributed by atoms with Crippen molar-refractivity contribution in [2.45, 2.75) is 9.79 Å². The lowest BCUT2D eigenvalue weighted by Crippen LogP contribution is -2.05. The maximum absolute atomic E-state index is 11.6. The summed E-state index contributed by atoms with van der Waals surface area (Å²) in [6, 6.07) is 11.7. The molecule has 0 saturated heterocycles. The Labute approximate surface area is 158 Å². The molecule has 3 aromatic rings. The van der Waals surface area contributed by atoms with Gasteiger partial charge in [0.1, 0.15) is 16.0 Å². The number of hydrogen-bond donors (Lipinski definition) is 2. The van der Waals surface area contributed by atoms with Crippen LogP contribution >= 0.6 is 11.3 Å². The first-order chi connectivity index (χ1) is 12.6. The molecule has 0 aliphatic rings. The molecule has 0 bridgehead atoms. The summed E-state index contributed by atoms with van der Waals surface area (Å²) >= 11 is 1.22. The summed E-state index contributed by atoms with van der Waals surface area (Å²) in [4.78, 5) is 2.85. The van der Waals surface area contributed by atoms with E-state index >= 15 is 0 Å². The van der Waals surface area contributed by atoms with E-state index in [2.05, 4.69) is 4.98 Å². The lowest BCUT2D eigenvalue weighted by Gasteiger charge is -2.06. The van der Waals surface area contributed by atoms with Crippen LogP contribution in [0.2, 0.25) is 0 Å². The molecule has 3 rings (SSSR count). The van der Waals surface area contributed by atoms with Crippen molar-refractivity contribution < 1.29 is 25.9 Å². The Kier molecular flexibility index (Phi) is 4.85. The summed E-state index contributed by atoms with van der Waals surface area (Å²) in [6.45, 7) is 0. The Morgan fingerprint density at radius 1 is 1.07 bits per heavy atom. The molecule has 0 saturated carbocycles. The molecule has 11 heteroatoms. The van der Waals surface area contributed by atoms with Crippen molar-refractivity contribution in [2.75, 3.05) is 0 Å². The molecule has 138 valence electrons. The molecule has 0 atom stereocenters. The number of fused-ring (bicyclic) bond motifs is 1. The number of allylic oxidation sites excluding steroid dienone is 1. The van der Waals surface area contributed by atoms with Crippen LogP contribution < -0.4 is 0 Å². The third kappa shape index (κ3) is 4.05. The molecule has 2 N–H and O–H groups in total. The highest BCUT2D eigenvalue weighted by Gasteiger charge is 2.20. The molecule has 0 spiro atoms. The van der Waals surface area contributed by atoms with Gasteiger partial charge in [0.05, 0.1) is 20.7 Å². The van der Waals surface area contributed by atoms with Crippen LogP contribution in [-0.4, -0.2) is 30.9 Å². The first-order valence-electron chi connectivity index (χ1n) is 7.16. The van der Waals surface area contributed by atoms with Gasteiger partial charge in [0.25, 0.3) is 20.2 Å². The first kappa shape index (κ1) is 19.2. The highest BCUT2D eigenvalue weighted by atomic mass is 32.2. The van der Waals surface area contributed by atoms with Gasteiger partial charge in [0, 0.05) is 0 Å². The first-order valence-corrected chi connectivity index (χ1v) is 10.9. The van der Waals surface area contributed by atoms with E-state index in [1.54, 1.807) is 12.1 Å². The minimum absolute atomic E-state index is 0.0284. The average Bonchev–Trinajstić information content (AvgIpc) is 3.01. The van der Waals surface area contributed by atoms with Crippen molar-refractivity contribution in [1.29, 1.82) is 5.26 Å². The largest absolute Gasteiger partial charge is 0.295 e. The number of nitrogens with zero attached hydrogens (tertiary/aromatic N) is 2. The maximum Gasteiger partial charge on any atom is 0.295 e. The zero-order valence-electron chi connectivity index (χ0n) is 13.3. The van der Waals surface area contributed by atoms with Gasteiger partial charge in [-0.1, -0.05) is 18.2 Å². The van der Waals surface area contributed by atoms with E-state index in [9.17, 15) is 26.7 Å². The summed E-state index contributed by atoms with van der Waals surface area (Å²) in [5.74, 6) is 0. The molecule has 0 amide bonds. The number of hydrogen-bond acceptors (Lipinski definition) is 7. The van der Waals surface area contributed by atoms with E-state index in [0.29, 0.717) is 16.6 Å². The van der Waals surface area contributed by atoms with Crippen LogP contribution in [0.25, 0.3) is 21.9 Å². The third-order valence-corrected chi connectivity index (χ3v) is 6.33. The van der Waals surface area contributed by atoms with E-state index in [4.69, 9.17) is 4.55 Å². The summed E-state index contributed by atoms with van der Waals surface area (Å²) in [5.41, 5.74) is 0.566. The molecule has 27 heavy (non-hydrogen) atoms. The Morgan fingerprint density at radius 2 is 1.78 bits per heavy atom. The molecular weight excluding hydrogens is 412 g/mol. The van der Waals surface area contributed by atoms with E-state index in [-0.39, 0.29) is 11.1 Å². The fraction of sp³-hybridized carbons (Fsp3) is 0. The van der Waals surface area contributed by atoms with Crippen molar-refractivity contribution >= 4 is 53.4 Å². The third-order valence-electron chi connectivity index (χ3n) is 3.51. The number of benzene rings is 2. The normalized spacial score (nSPS) is 12.9. The van der Waals surface area contributed by atoms with E-state index < -0.39 is 30.0 Å². The van der Waals surface area contributed by atoms with Gasteiger partial charge < -0.3 is 0 Å². The van der Waals surface area contributed by atoms with Crippen molar-refractivity contribution in [3.05, 3.63) is 53.0 Å². The molecule has 1 aromatic heterocycles. The maximum atomic E-state index is 11.6. The van der Waals surface area contributed by atoms with Crippen LogP contribution in [0.3, 0.4) is 0 Å². The van der Waals surface area contributed by atoms with E-state index in [1.807, 2.05) is 18.2 Å². The molecule has 0 radical (unpaired) electrons. The van der Waals surface area contributed by atoms with Crippen LogP contribution in [0.4, 0.5) is 0 Å². The second kappa shape index (κ2) is 6.84.